The monoisotopic (exact) mass is 474 g/mol. The number of pyridine rings is 1. The molecule has 1 aliphatic carbocycles. The van der Waals surface area contributed by atoms with Crippen LogP contribution in [0.15, 0.2) is 96.7 Å². The number of allylic oxidation sites excluding steroid dienone is 6. The first kappa shape index (κ1) is 24.5. The van der Waals surface area contributed by atoms with Crippen LogP contribution < -0.4 is 4.57 Å². The number of rotatable bonds is 2. The smallest absolute Gasteiger partial charge is 0.191 e. The summed E-state index contributed by atoms with van der Waals surface area (Å²) in [6.07, 6.45) is 12.8. The average molecular weight is 475 g/mol. The number of fused-ring (bicyclic) bond motifs is 3. The molecule has 5 rings (SSSR count). The molecule has 2 atom stereocenters. The minimum absolute atomic E-state index is 0.0862. The lowest BCUT2D eigenvalue weighted by Gasteiger charge is -2.23. The molecule has 0 amide bonds. The van der Waals surface area contributed by atoms with Crippen molar-refractivity contribution in [1.82, 2.24) is 0 Å². The first-order valence-corrected chi connectivity index (χ1v) is 13.4. The highest BCUT2D eigenvalue weighted by molar-refractivity contribution is 5.74. The van der Waals surface area contributed by atoms with Crippen LogP contribution in [0.25, 0.3) is 16.7 Å². The fourth-order valence-electron chi connectivity index (χ4n) is 5.76. The normalized spacial score (nSPS) is 23.4. The van der Waals surface area contributed by atoms with Crippen molar-refractivity contribution in [1.29, 1.82) is 0 Å². The van der Waals surface area contributed by atoms with Gasteiger partial charge >= 0.3 is 0 Å². The highest BCUT2D eigenvalue weighted by Crippen LogP contribution is 2.47. The highest BCUT2D eigenvalue weighted by atomic mass is 15.0. The lowest BCUT2D eigenvalue weighted by molar-refractivity contribution is -0.710. The van der Waals surface area contributed by atoms with Crippen molar-refractivity contribution in [3.05, 3.63) is 119 Å². The van der Waals surface area contributed by atoms with Crippen molar-refractivity contribution in [3.63, 3.8) is 0 Å². The third-order valence-corrected chi connectivity index (χ3v) is 7.92. The van der Waals surface area contributed by atoms with E-state index >= 15 is 0 Å². The van der Waals surface area contributed by atoms with Gasteiger partial charge in [0.05, 0.1) is 5.92 Å². The van der Waals surface area contributed by atoms with Gasteiger partial charge < -0.3 is 0 Å². The van der Waals surface area contributed by atoms with Gasteiger partial charge in [-0.05, 0) is 58.1 Å². The molecule has 0 bridgehead atoms. The molecule has 0 N–H and O–H groups in total. The predicted molar refractivity (Wildman–Crippen MR) is 153 cm³/mol. The zero-order valence-corrected chi connectivity index (χ0v) is 23.0. The topological polar surface area (TPSA) is 3.88 Å². The number of aromatic nitrogens is 1. The maximum atomic E-state index is 2.56. The fraction of sp³-hybridized carbons (Fsp3) is 0.343. The van der Waals surface area contributed by atoms with E-state index in [1.54, 1.807) is 0 Å². The van der Waals surface area contributed by atoms with Crippen LogP contribution in [0.4, 0.5) is 0 Å². The molecule has 184 valence electrons. The van der Waals surface area contributed by atoms with E-state index in [4.69, 9.17) is 0 Å². The van der Waals surface area contributed by atoms with Gasteiger partial charge in [-0.15, -0.1) is 0 Å². The molecule has 2 unspecified atom stereocenters. The highest BCUT2D eigenvalue weighted by Gasteiger charge is 2.46. The Morgan fingerprint density at radius 1 is 0.806 bits per heavy atom. The van der Waals surface area contributed by atoms with E-state index in [1.807, 2.05) is 0 Å². The molecule has 1 nitrogen and oxygen atoms in total. The van der Waals surface area contributed by atoms with Gasteiger partial charge in [0.1, 0.15) is 0 Å². The summed E-state index contributed by atoms with van der Waals surface area (Å²) in [5.74, 6) is 0.382. The number of nitrogens with zero attached hydrogens (tertiary/aromatic N) is 1. The van der Waals surface area contributed by atoms with E-state index in [9.17, 15) is 0 Å². The van der Waals surface area contributed by atoms with Crippen LogP contribution in [-0.2, 0) is 5.41 Å². The van der Waals surface area contributed by atoms with Crippen LogP contribution in [0.5, 0.6) is 0 Å². The van der Waals surface area contributed by atoms with Gasteiger partial charge in [0.15, 0.2) is 12.2 Å². The molecular weight excluding hydrogens is 434 g/mol. The first-order chi connectivity index (χ1) is 17.1. The molecular formula is C35H40N+. The molecule has 0 fully saturated rings. The number of benzene rings is 2. The molecule has 2 aliphatic rings. The van der Waals surface area contributed by atoms with Crippen molar-refractivity contribution >= 4 is 5.57 Å². The Balaban J connectivity index is 1.77. The molecule has 0 saturated carbocycles. The van der Waals surface area contributed by atoms with Gasteiger partial charge in [-0.2, -0.15) is 4.57 Å². The molecule has 0 saturated heterocycles. The maximum absolute atomic E-state index is 2.56. The van der Waals surface area contributed by atoms with Crippen LogP contribution in [0.3, 0.4) is 0 Å². The average Bonchev–Trinajstić information content (AvgIpc) is 3.09. The summed E-state index contributed by atoms with van der Waals surface area (Å²) < 4.78 is 2.56. The van der Waals surface area contributed by atoms with Gasteiger partial charge in [0.25, 0.3) is 0 Å². The molecule has 0 spiro atoms. The third-order valence-electron chi connectivity index (χ3n) is 7.92. The molecule has 0 radical (unpaired) electrons. The van der Waals surface area contributed by atoms with E-state index in [0.717, 1.165) is 6.42 Å². The van der Waals surface area contributed by atoms with Crippen LogP contribution in [0.2, 0.25) is 0 Å². The van der Waals surface area contributed by atoms with Gasteiger partial charge in [-0.1, -0.05) is 108 Å². The summed E-state index contributed by atoms with van der Waals surface area (Å²) in [6.45, 7) is 16.1. The zero-order chi connectivity index (χ0) is 25.7. The maximum Gasteiger partial charge on any atom is 0.209 e. The second kappa shape index (κ2) is 9.04. The van der Waals surface area contributed by atoms with Gasteiger partial charge in [0.2, 0.25) is 5.69 Å². The van der Waals surface area contributed by atoms with Crippen LogP contribution in [-0.4, -0.2) is 0 Å². The van der Waals surface area contributed by atoms with E-state index < -0.39 is 0 Å². The Labute approximate surface area is 217 Å². The van der Waals surface area contributed by atoms with Gasteiger partial charge in [-0.3, -0.25) is 0 Å². The molecule has 1 heteroatoms. The van der Waals surface area contributed by atoms with E-state index in [0.29, 0.717) is 5.92 Å². The van der Waals surface area contributed by atoms with Crippen LogP contribution in [0, 0.1) is 18.3 Å². The van der Waals surface area contributed by atoms with E-state index in [2.05, 4.69) is 144 Å². The third kappa shape index (κ3) is 4.41. The Kier molecular flexibility index (Phi) is 6.15. The fourth-order valence-corrected chi connectivity index (χ4v) is 5.76. The number of hydrogen-bond acceptors (Lipinski definition) is 0. The summed E-state index contributed by atoms with van der Waals surface area (Å²) >= 11 is 0. The minimum Gasteiger partial charge on any atom is -0.191 e. The Bertz CT molecular complexity index is 1380. The molecule has 3 aromatic rings. The first-order valence-electron chi connectivity index (χ1n) is 13.4. The lowest BCUT2D eigenvalue weighted by atomic mass is 9.78. The van der Waals surface area contributed by atoms with Crippen molar-refractivity contribution in [2.45, 2.75) is 66.3 Å². The van der Waals surface area contributed by atoms with E-state index in [1.165, 1.54) is 44.7 Å². The second-order valence-electron chi connectivity index (χ2n) is 12.5. The van der Waals surface area contributed by atoms with Crippen molar-refractivity contribution < 1.29 is 4.57 Å². The summed E-state index contributed by atoms with van der Waals surface area (Å²) in [6, 6.07) is 22.9. The molecule has 1 aliphatic heterocycles. The standard InChI is InChI=1S/C35H40N/c1-24-14-8-10-16-27(24)28-17-12-13-18-29(28)33-30-19-11-9-15-25(34(2,3)4)22-31(30)32-23-26(35(5,6)7)20-21-36(32)33/h8-18,20-23,30,33H,19H2,1-7H3/q+1/b11-9-,25-15+,31-22+. The number of hydrogen-bond donors (Lipinski definition) is 0. The second-order valence-corrected chi connectivity index (χ2v) is 12.5. The largest absolute Gasteiger partial charge is 0.209 e. The van der Waals surface area contributed by atoms with Gasteiger partial charge in [0, 0.05) is 23.3 Å². The lowest BCUT2D eigenvalue weighted by Crippen LogP contribution is -2.41. The summed E-state index contributed by atoms with van der Waals surface area (Å²) in [4.78, 5) is 0. The predicted octanol–water partition coefficient (Wildman–Crippen LogP) is 8.78. The Morgan fingerprint density at radius 3 is 2.19 bits per heavy atom. The van der Waals surface area contributed by atoms with Gasteiger partial charge in [-0.25, -0.2) is 0 Å². The quantitative estimate of drug-likeness (QED) is 0.327. The molecule has 1 aromatic heterocycles. The van der Waals surface area contributed by atoms with Crippen LogP contribution >= 0.6 is 0 Å². The van der Waals surface area contributed by atoms with E-state index in [-0.39, 0.29) is 16.9 Å². The van der Waals surface area contributed by atoms with Crippen molar-refractivity contribution in [2.24, 2.45) is 11.3 Å². The SMILES string of the molecule is Cc1ccccc1-c1ccccc1C1C2C\C=C/C=C(C(C)(C)C)\C=C/2c2cc(C(C)(C)C)cc[n+]21. The minimum atomic E-state index is 0.0862. The summed E-state index contributed by atoms with van der Waals surface area (Å²) in [5, 5.41) is 0. The van der Waals surface area contributed by atoms with Crippen molar-refractivity contribution in [3.8, 4) is 11.1 Å². The summed E-state index contributed by atoms with van der Waals surface area (Å²) in [5.41, 5.74) is 11.2. The zero-order valence-electron chi connectivity index (χ0n) is 23.0. The molecule has 2 aromatic carbocycles. The summed E-state index contributed by atoms with van der Waals surface area (Å²) in [7, 11) is 0. The Morgan fingerprint density at radius 2 is 1.50 bits per heavy atom. The number of aryl methyl sites for hydroxylation is 1. The Hall–Kier alpha value is -3.19. The van der Waals surface area contributed by atoms with Crippen molar-refractivity contribution in [2.75, 3.05) is 0 Å². The van der Waals surface area contributed by atoms with Crippen LogP contribution in [0.1, 0.15) is 76.4 Å². The molecule has 2 heterocycles. The molecule has 36 heavy (non-hydrogen) atoms.